The summed E-state index contributed by atoms with van der Waals surface area (Å²) in [5.41, 5.74) is 6.46. The zero-order valence-corrected chi connectivity index (χ0v) is 8.89. The van der Waals surface area contributed by atoms with Gasteiger partial charge in [-0.3, -0.25) is 0 Å². The van der Waals surface area contributed by atoms with E-state index < -0.39 is 6.10 Å². The molecule has 15 heavy (non-hydrogen) atoms. The van der Waals surface area contributed by atoms with Crippen LogP contribution < -0.4 is 10.5 Å². The van der Waals surface area contributed by atoms with Gasteiger partial charge in [0.2, 0.25) is 0 Å². The van der Waals surface area contributed by atoms with Gasteiger partial charge in [0, 0.05) is 6.04 Å². The van der Waals surface area contributed by atoms with E-state index in [2.05, 4.69) is 0 Å². The molecule has 3 heteroatoms. The van der Waals surface area contributed by atoms with Crippen molar-refractivity contribution in [2.75, 3.05) is 0 Å². The van der Waals surface area contributed by atoms with Crippen LogP contribution in [0.15, 0.2) is 24.3 Å². The molecule has 1 aliphatic rings. The van der Waals surface area contributed by atoms with E-state index in [-0.39, 0.29) is 6.04 Å². The van der Waals surface area contributed by atoms with Gasteiger partial charge >= 0.3 is 0 Å². The molecule has 2 unspecified atom stereocenters. The molecule has 1 aromatic carbocycles. The van der Waals surface area contributed by atoms with Crippen molar-refractivity contribution in [1.29, 1.82) is 0 Å². The number of aliphatic hydroxyl groups is 1. The van der Waals surface area contributed by atoms with E-state index in [1.54, 1.807) is 6.92 Å². The van der Waals surface area contributed by atoms with Gasteiger partial charge in [-0.15, -0.1) is 0 Å². The fourth-order valence-electron chi connectivity index (χ4n) is 1.43. The van der Waals surface area contributed by atoms with Crippen molar-refractivity contribution in [2.45, 2.75) is 38.0 Å². The molecule has 1 fully saturated rings. The van der Waals surface area contributed by atoms with Gasteiger partial charge < -0.3 is 15.6 Å². The summed E-state index contributed by atoms with van der Waals surface area (Å²) in [5.74, 6) is 0.873. The molecule has 0 heterocycles. The molecule has 1 aromatic rings. The topological polar surface area (TPSA) is 55.5 Å². The van der Waals surface area contributed by atoms with Crippen LogP contribution in [0.2, 0.25) is 0 Å². The van der Waals surface area contributed by atoms with E-state index in [9.17, 15) is 5.11 Å². The molecular formula is C12H17NO2. The second kappa shape index (κ2) is 4.21. The summed E-state index contributed by atoms with van der Waals surface area (Å²) in [6.07, 6.45) is 2.13. The van der Waals surface area contributed by atoms with Crippen molar-refractivity contribution in [2.24, 2.45) is 5.73 Å². The maximum Gasteiger partial charge on any atom is 0.119 e. The molecule has 0 saturated heterocycles. The highest BCUT2D eigenvalue weighted by atomic mass is 16.5. The predicted molar refractivity (Wildman–Crippen MR) is 58.7 cm³/mol. The Morgan fingerprint density at radius 3 is 2.40 bits per heavy atom. The Hall–Kier alpha value is -1.06. The van der Waals surface area contributed by atoms with Crippen molar-refractivity contribution < 1.29 is 9.84 Å². The van der Waals surface area contributed by atoms with Crippen LogP contribution in [0.4, 0.5) is 0 Å². The fraction of sp³-hybridized carbons (Fsp3) is 0.500. The second-order valence-corrected chi connectivity index (χ2v) is 4.19. The van der Waals surface area contributed by atoms with Crippen LogP contribution in [-0.2, 0) is 0 Å². The number of hydrogen-bond donors (Lipinski definition) is 2. The number of ether oxygens (including phenoxy) is 1. The molecule has 0 amide bonds. The summed E-state index contributed by atoms with van der Waals surface area (Å²) < 4.78 is 5.61. The molecule has 3 nitrogen and oxygen atoms in total. The molecule has 2 rings (SSSR count). The standard InChI is InChI=1S/C12H17NO2/c1-8(13)12(14)9-2-4-10(5-3-9)15-11-6-7-11/h2-5,8,11-12,14H,6-7,13H2,1H3. The van der Waals surface area contributed by atoms with Gasteiger partial charge in [0.1, 0.15) is 5.75 Å². The molecule has 2 atom stereocenters. The lowest BCUT2D eigenvalue weighted by Gasteiger charge is -2.15. The normalized spacial score (nSPS) is 19.7. The number of aliphatic hydroxyl groups excluding tert-OH is 1. The van der Waals surface area contributed by atoms with E-state index in [0.717, 1.165) is 24.2 Å². The van der Waals surface area contributed by atoms with Crippen molar-refractivity contribution >= 4 is 0 Å². The summed E-state index contributed by atoms with van der Waals surface area (Å²) in [6.45, 7) is 1.79. The highest BCUT2D eigenvalue weighted by Gasteiger charge is 2.23. The number of rotatable bonds is 4. The van der Waals surface area contributed by atoms with Crippen molar-refractivity contribution in [3.05, 3.63) is 29.8 Å². The summed E-state index contributed by atoms with van der Waals surface area (Å²) in [4.78, 5) is 0. The van der Waals surface area contributed by atoms with Gasteiger partial charge in [-0.25, -0.2) is 0 Å². The zero-order chi connectivity index (χ0) is 10.8. The molecule has 82 valence electrons. The van der Waals surface area contributed by atoms with Crippen LogP contribution in [0, 0.1) is 0 Å². The average Bonchev–Trinajstić information content (AvgIpc) is 3.02. The van der Waals surface area contributed by atoms with Crippen LogP contribution in [0.1, 0.15) is 31.4 Å². The minimum Gasteiger partial charge on any atom is -0.490 e. The third-order valence-corrected chi connectivity index (χ3v) is 2.55. The third-order valence-electron chi connectivity index (χ3n) is 2.55. The summed E-state index contributed by atoms with van der Waals surface area (Å²) in [5, 5.41) is 9.72. The molecule has 1 aliphatic carbocycles. The lowest BCUT2D eigenvalue weighted by molar-refractivity contribution is 0.153. The van der Waals surface area contributed by atoms with Crippen molar-refractivity contribution in [3.63, 3.8) is 0 Å². The molecule has 0 aliphatic heterocycles. The summed E-state index contributed by atoms with van der Waals surface area (Å²) >= 11 is 0. The van der Waals surface area contributed by atoms with Crippen LogP contribution >= 0.6 is 0 Å². The molecule has 1 saturated carbocycles. The molecular weight excluding hydrogens is 190 g/mol. The predicted octanol–water partition coefficient (Wildman–Crippen LogP) is 1.61. The highest BCUT2D eigenvalue weighted by Crippen LogP contribution is 2.27. The van der Waals surface area contributed by atoms with Gasteiger partial charge in [0.05, 0.1) is 12.2 Å². The van der Waals surface area contributed by atoms with Crippen LogP contribution in [0.5, 0.6) is 5.75 Å². The summed E-state index contributed by atoms with van der Waals surface area (Å²) in [7, 11) is 0. The largest absolute Gasteiger partial charge is 0.490 e. The molecule has 3 N–H and O–H groups in total. The monoisotopic (exact) mass is 207 g/mol. The van der Waals surface area contributed by atoms with Crippen LogP contribution in [0.25, 0.3) is 0 Å². The minimum atomic E-state index is -0.597. The third kappa shape index (κ3) is 2.70. The SMILES string of the molecule is CC(N)C(O)c1ccc(OC2CC2)cc1. The quantitative estimate of drug-likeness (QED) is 0.788. The second-order valence-electron chi connectivity index (χ2n) is 4.19. The van der Waals surface area contributed by atoms with E-state index in [1.807, 2.05) is 24.3 Å². The molecule has 0 radical (unpaired) electrons. The number of hydrogen-bond acceptors (Lipinski definition) is 3. The first-order valence-corrected chi connectivity index (χ1v) is 5.37. The van der Waals surface area contributed by atoms with E-state index in [4.69, 9.17) is 10.5 Å². The number of benzene rings is 1. The lowest BCUT2D eigenvalue weighted by Crippen LogP contribution is -2.24. The van der Waals surface area contributed by atoms with Crippen LogP contribution in [0.3, 0.4) is 0 Å². The van der Waals surface area contributed by atoms with Gasteiger partial charge in [0.15, 0.2) is 0 Å². The Bertz CT molecular complexity index is 317. The first kappa shape index (κ1) is 10.5. The Labute approximate surface area is 89.9 Å². The Kier molecular flexibility index (Phi) is 2.93. The maximum absolute atomic E-state index is 9.72. The first-order valence-electron chi connectivity index (χ1n) is 5.37. The van der Waals surface area contributed by atoms with Gasteiger partial charge in [-0.2, -0.15) is 0 Å². The summed E-state index contributed by atoms with van der Waals surface area (Å²) in [6, 6.07) is 7.26. The van der Waals surface area contributed by atoms with Crippen molar-refractivity contribution in [1.82, 2.24) is 0 Å². The fourth-order valence-corrected chi connectivity index (χ4v) is 1.43. The number of nitrogens with two attached hydrogens (primary N) is 1. The first-order chi connectivity index (χ1) is 7.16. The lowest BCUT2D eigenvalue weighted by atomic mass is 10.0. The van der Waals surface area contributed by atoms with Gasteiger partial charge in [-0.1, -0.05) is 12.1 Å². The maximum atomic E-state index is 9.72. The van der Waals surface area contributed by atoms with Gasteiger partial charge in [0.25, 0.3) is 0 Å². The Morgan fingerprint density at radius 2 is 1.93 bits per heavy atom. The van der Waals surface area contributed by atoms with Crippen LogP contribution in [-0.4, -0.2) is 17.3 Å². The Balaban J connectivity index is 2.02. The van der Waals surface area contributed by atoms with E-state index in [0.29, 0.717) is 6.10 Å². The van der Waals surface area contributed by atoms with Gasteiger partial charge in [-0.05, 0) is 37.5 Å². The average molecular weight is 207 g/mol. The molecule has 0 spiro atoms. The van der Waals surface area contributed by atoms with E-state index in [1.165, 1.54) is 0 Å². The van der Waals surface area contributed by atoms with Crippen molar-refractivity contribution in [3.8, 4) is 5.75 Å². The highest BCUT2D eigenvalue weighted by molar-refractivity contribution is 5.29. The zero-order valence-electron chi connectivity index (χ0n) is 8.89. The molecule has 0 aromatic heterocycles. The smallest absolute Gasteiger partial charge is 0.119 e. The Morgan fingerprint density at radius 1 is 1.33 bits per heavy atom. The minimum absolute atomic E-state index is 0.250. The molecule has 0 bridgehead atoms. The van der Waals surface area contributed by atoms with E-state index >= 15 is 0 Å².